The molecule has 132 valence electrons. The predicted octanol–water partition coefficient (Wildman–Crippen LogP) is 3.15. The van der Waals surface area contributed by atoms with Crippen molar-refractivity contribution >= 4 is 40.9 Å². The van der Waals surface area contributed by atoms with Gasteiger partial charge in [0.1, 0.15) is 11.3 Å². The van der Waals surface area contributed by atoms with E-state index in [0.717, 1.165) is 5.56 Å². The summed E-state index contributed by atoms with van der Waals surface area (Å²) in [6.07, 6.45) is 1.52. The lowest BCUT2D eigenvalue weighted by atomic mass is 10.0. The second-order valence-electron chi connectivity index (χ2n) is 6.30. The van der Waals surface area contributed by atoms with Gasteiger partial charge in [0.05, 0.1) is 5.69 Å². The van der Waals surface area contributed by atoms with Gasteiger partial charge in [0.25, 0.3) is 11.8 Å². The highest BCUT2D eigenvalue weighted by molar-refractivity contribution is 7.80. The van der Waals surface area contributed by atoms with Gasteiger partial charge in [0, 0.05) is 0 Å². The predicted molar refractivity (Wildman–Crippen MR) is 105 cm³/mol. The Morgan fingerprint density at radius 1 is 1.08 bits per heavy atom. The largest absolute Gasteiger partial charge is 0.507 e. The van der Waals surface area contributed by atoms with E-state index in [1.54, 1.807) is 32.0 Å². The zero-order chi connectivity index (χ0) is 19.0. The van der Waals surface area contributed by atoms with Crippen molar-refractivity contribution in [2.45, 2.75) is 20.8 Å². The van der Waals surface area contributed by atoms with E-state index < -0.39 is 11.8 Å². The topological polar surface area (TPSA) is 69.6 Å². The number of anilines is 1. The minimum atomic E-state index is -0.535. The number of thiocarbonyl (C=S) groups is 1. The molecular weight excluding hydrogens is 348 g/mol. The first-order chi connectivity index (χ1) is 12.3. The molecule has 0 aliphatic carbocycles. The van der Waals surface area contributed by atoms with Gasteiger partial charge in [0.15, 0.2) is 5.11 Å². The van der Waals surface area contributed by atoms with E-state index in [1.807, 2.05) is 25.1 Å². The Balaban J connectivity index is 2.06. The van der Waals surface area contributed by atoms with Gasteiger partial charge in [-0.1, -0.05) is 12.1 Å². The molecule has 2 aromatic carbocycles. The van der Waals surface area contributed by atoms with E-state index in [1.165, 1.54) is 11.0 Å². The summed E-state index contributed by atoms with van der Waals surface area (Å²) in [5.41, 5.74) is 3.57. The van der Waals surface area contributed by atoms with Gasteiger partial charge < -0.3 is 5.11 Å². The molecule has 0 bridgehead atoms. The smallest absolute Gasteiger partial charge is 0.270 e. The number of nitrogens with zero attached hydrogens (tertiary/aromatic N) is 1. The molecule has 1 aliphatic heterocycles. The number of hydrogen-bond acceptors (Lipinski definition) is 4. The molecular formula is C20H18N2O3S. The summed E-state index contributed by atoms with van der Waals surface area (Å²) in [5.74, 6) is -0.811. The Labute approximate surface area is 156 Å². The Morgan fingerprint density at radius 2 is 1.73 bits per heavy atom. The summed E-state index contributed by atoms with van der Waals surface area (Å²) >= 11 is 5.20. The first-order valence-electron chi connectivity index (χ1n) is 8.06. The van der Waals surface area contributed by atoms with Crippen LogP contribution < -0.4 is 10.2 Å². The molecule has 2 amide bonds. The van der Waals surface area contributed by atoms with Crippen LogP contribution in [0.5, 0.6) is 5.75 Å². The molecule has 0 aromatic heterocycles. The summed E-state index contributed by atoms with van der Waals surface area (Å²) in [7, 11) is 0. The Bertz CT molecular complexity index is 956. The number of carbonyl (C=O) groups is 2. The molecule has 26 heavy (non-hydrogen) atoms. The van der Waals surface area contributed by atoms with Gasteiger partial charge in [-0.25, -0.2) is 0 Å². The van der Waals surface area contributed by atoms with Crippen molar-refractivity contribution < 1.29 is 14.7 Å². The number of amides is 2. The van der Waals surface area contributed by atoms with Crippen LogP contribution in [-0.2, 0) is 9.59 Å². The summed E-state index contributed by atoms with van der Waals surface area (Å²) < 4.78 is 0. The van der Waals surface area contributed by atoms with Crippen LogP contribution in [0.3, 0.4) is 0 Å². The van der Waals surface area contributed by atoms with E-state index in [0.29, 0.717) is 22.4 Å². The zero-order valence-corrected chi connectivity index (χ0v) is 15.5. The first kappa shape index (κ1) is 17.8. The van der Waals surface area contributed by atoms with Crippen LogP contribution in [0.4, 0.5) is 5.69 Å². The van der Waals surface area contributed by atoms with Gasteiger partial charge in [-0.2, -0.15) is 0 Å². The van der Waals surface area contributed by atoms with Gasteiger partial charge in [0.2, 0.25) is 0 Å². The van der Waals surface area contributed by atoms with Crippen LogP contribution in [-0.4, -0.2) is 22.0 Å². The number of rotatable bonds is 2. The average molecular weight is 366 g/mol. The lowest BCUT2D eigenvalue weighted by Crippen LogP contribution is -2.54. The molecule has 1 saturated heterocycles. The maximum Gasteiger partial charge on any atom is 0.270 e. The van der Waals surface area contributed by atoms with Crippen LogP contribution in [0.15, 0.2) is 42.0 Å². The SMILES string of the molecule is Cc1cccc(N2C(=O)C(=Cc3cc(C)c(O)c(C)c3)C(=O)NC2=S)c1. The van der Waals surface area contributed by atoms with E-state index >= 15 is 0 Å². The molecule has 0 radical (unpaired) electrons. The number of nitrogens with one attached hydrogen (secondary N) is 1. The van der Waals surface area contributed by atoms with Crippen LogP contribution in [0.2, 0.25) is 0 Å². The van der Waals surface area contributed by atoms with Gasteiger partial charge >= 0.3 is 0 Å². The molecule has 0 saturated carbocycles. The normalized spacial score (nSPS) is 16.2. The highest BCUT2D eigenvalue weighted by Crippen LogP contribution is 2.26. The van der Waals surface area contributed by atoms with Gasteiger partial charge in [-0.05, 0) is 85.6 Å². The molecule has 0 unspecified atom stereocenters. The third kappa shape index (κ3) is 3.23. The minimum absolute atomic E-state index is 0.00963. The van der Waals surface area contributed by atoms with Crippen LogP contribution >= 0.6 is 12.2 Å². The molecule has 0 spiro atoms. The molecule has 5 nitrogen and oxygen atoms in total. The fourth-order valence-electron chi connectivity index (χ4n) is 2.90. The van der Waals surface area contributed by atoms with E-state index in [4.69, 9.17) is 12.2 Å². The Morgan fingerprint density at radius 3 is 2.35 bits per heavy atom. The fraction of sp³-hybridized carbons (Fsp3) is 0.150. The standard InChI is InChI=1S/C20H18N2O3S/c1-11-5-4-6-15(7-11)22-19(25)16(18(24)21-20(22)26)10-14-8-12(2)17(23)13(3)9-14/h4-10,23H,1-3H3,(H,21,24,26). The molecule has 6 heteroatoms. The Kier molecular flexibility index (Phi) is 4.61. The highest BCUT2D eigenvalue weighted by atomic mass is 32.1. The van der Waals surface area contributed by atoms with Crippen molar-refractivity contribution in [1.82, 2.24) is 5.32 Å². The van der Waals surface area contributed by atoms with Crippen LogP contribution in [0.25, 0.3) is 6.08 Å². The maximum absolute atomic E-state index is 13.0. The summed E-state index contributed by atoms with van der Waals surface area (Å²) in [4.78, 5) is 26.6. The number of phenols is 1. The van der Waals surface area contributed by atoms with Crippen molar-refractivity contribution in [1.29, 1.82) is 0 Å². The van der Waals surface area contributed by atoms with E-state index in [-0.39, 0.29) is 16.4 Å². The maximum atomic E-state index is 13.0. The summed E-state index contributed by atoms with van der Waals surface area (Å²) in [6, 6.07) is 10.8. The lowest BCUT2D eigenvalue weighted by molar-refractivity contribution is -0.122. The highest BCUT2D eigenvalue weighted by Gasteiger charge is 2.34. The van der Waals surface area contributed by atoms with Gasteiger partial charge in [-0.3, -0.25) is 19.8 Å². The van der Waals surface area contributed by atoms with E-state index in [2.05, 4.69) is 5.32 Å². The molecule has 1 fully saturated rings. The third-order valence-corrected chi connectivity index (χ3v) is 4.47. The molecule has 0 atom stereocenters. The molecule has 2 aromatic rings. The molecule has 1 heterocycles. The fourth-order valence-corrected chi connectivity index (χ4v) is 3.18. The summed E-state index contributed by atoms with van der Waals surface area (Å²) in [6.45, 7) is 5.45. The van der Waals surface area contributed by atoms with Crippen molar-refractivity contribution in [3.63, 3.8) is 0 Å². The monoisotopic (exact) mass is 366 g/mol. The van der Waals surface area contributed by atoms with Crippen molar-refractivity contribution in [2.24, 2.45) is 0 Å². The quantitative estimate of drug-likeness (QED) is 0.487. The average Bonchev–Trinajstić information content (AvgIpc) is 2.56. The minimum Gasteiger partial charge on any atom is -0.507 e. The molecule has 2 N–H and O–H groups in total. The van der Waals surface area contributed by atoms with Crippen LogP contribution in [0.1, 0.15) is 22.3 Å². The van der Waals surface area contributed by atoms with E-state index in [9.17, 15) is 14.7 Å². The molecule has 1 aliphatic rings. The van der Waals surface area contributed by atoms with Crippen molar-refractivity contribution in [3.05, 3.63) is 64.2 Å². The number of benzene rings is 2. The van der Waals surface area contributed by atoms with Crippen LogP contribution in [0, 0.1) is 20.8 Å². The number of aromatic hydroxyl groups is 1. The Hall–Kier alpha value is -2.99. The number of aryl methyl sites for hydroxylation is 3. The van der Waals surface area contributed by atoms with Crippen molar-refractivity contribution in [3.8, 4) is 5.75 Å². The number of carbonyl (C=O) groups excluding carboxylic acids is 2. The third-order valence-electron chi connectivity index (χ3n) is 4.19. The first-order valence-corrected chi connectivity index (χ1v) is 8.47. The second kappa shape index (κ2) is 6.72. The summed E-state index contributed by atoms with van der Waals surface area (Å²) in [5, 5.41) is 12.5. The van der Waals surface area contributed by atoms with Crippen molar-refractivity contribution in [2.75, 3.05) is 4.90 Å². The number of hydrogen-bond donors (Lipinski definition) is 2. The zero-order valence-electron chi connectivity index (χ0n) is 14.7. The molecule has 3 rings (SSSR count). The number of phenolic OH excluding ortho intramolecular Hbond substituents is 1. The second-order valence-corrected chi connectivity index (χ2v) is 6.69. The van der Waals surface area contributed by atoms with Gasteiger partial charge in [-0.15, -0.1) is 0 Å². The lowest BCUT2D eigenvalue weighted by Gasteiger charge is -2.29.